The van der Waals surface area contributed by atoms with E-state index in [0.29, 0.717) is 24.1 Å². The summed E-state index contributed by atoms with van der Waals surface area (Å²) in [6.45, 7) is 2.43. The van der Waals surface area contributed by atoms with Crippen molar-refractivity contribution in [3.8, 4) is 6.07 Å². The summed E-state index contributed by atoms with van der Waals surface area (Å²) in [5.41, 5.74) is 1.74. The summed E-state index contributed by atoms with van der Waals surface area (Å²) in [5, 5.41) is 17.0. The highest BCUT2D eigenvalue weighted by Crippen LogP contribution is 2.18. The van der Waals surface area contributed by atoms with Crippen LogP contribution in [0.25, 0.3) is 0 Å². The van der Waals surface area contributed by atoms with Gasteiger partial charge in [0.15, 0.2) is 0 Å². The fraction of sp³-hybridized carbons (Fsp3) is 0.235. The Labute approximate surface area is 141 Å². The second-order valence-corrected chi connectivity index (χ2v) is 7.02. The number of halogens is 1. The third kappa shape index (κ3) is 4.61. The van der Waals surface area contributed by atoms with Crippen molar-refractivity contribution in [2.45, 2.75) is 24.3 Å². The summed E-state index contributed by atoms with van der Waals surface area (Å²) < 4.78 is 36.3. The highest BCUT2D eigenvalue weighted by atomic mass is 32.2. The molecule has 0 heterocycles. The van der Waals surface area contributed by atoms with Gasteiger partial charge < -0.3 is 5.32 Å². The monoisotopic (exact) mass is 347 g/mol. The van der Waals surface area contributed by atoms with E-state index in [1.54, 1.807) is 24.3 Å². The largest absolute Gasteiger partial charge is 0.310 e. The predicted octanol–water partition coefficient (Wildman–Crippen LogP) is 2.24. The molecule has 126 valence electrons. The van der Waals surface area contributed by atoms with Crippen molar-refractivity contribution in [3.63, 3.8) is 0 Å². The second kappa shape index (κ2) is 7.53. The van der Waals surface area contributed by atoms with Crippen molar-refractivity contribution < 1.29 is 12.8 Å². The maximum atomic E-state index is 13.9. The predicted molar refractivity (Wildman–Crippen MR) is 89.1 cm³/mol. The molecule has 0 aromatic heterocycles. The summed E-state index contributed by atoms with van der Waals surface area (Å²) >= 11 is 0. The lowest BCUT2D eigenvalue weighted by Gasteiger charge is -2.15. The molecule has 0 radical (unpaired) electrons. The molecule has 2 rings (SSSR count). The van der Waals surface area contributed by atoms with Gasteiger partial charge in [0.25, 0.3) is 0 Å². The second-order valence-electron chi connectivity index (χ2n) is 5.46. The Bertz CT molecular complexity index is 858. The third-order valence-corrected chi connectivity index (χ3v) is 4.64. The molecule has 0 fully saturated rings. The molecule has 0 unspecified atom stereocenters. The van der Waals surface area contributed by atoms with Gasteiger partial charge in [0.05, 0.1) is 16.5 Å². The van der Waals surface area contributed by atoms with Gasteiger partial charge in [0.2, 0.25) is 10.0 Å². The topological polar surface area (TPSA) is 96.0 Å². The fourth-order valence-corrected chi connectivity index (χ4v) is 2.85. The van der Waals surface area contributed by atoms with E-state index in [9.17, 15) is 12.8 Å². The van der Waals surface area contributed by atoms with E-state index in [4.69, 9.17) is 10.4 Å². The van der Waals surface area contributed by atoms with Gasteiger partial charge in [-0.3, -0.25) is 0 Å². The number of nitrogens with one attached hydrogen (secondary N) is 1. The molecule has 0 aliphatic rings. The van der Waals surface area contributed by atoms with Crippen LogP contribution in [0.15, 0.2) is 47.4 Å². The van der Waals surface area contributed by atoms with E-state index in [0.717, 1.165) is 5.56 Å². The molecule has 0 saturated heterocycles. The fourth-order valence-electron chi connectivity index (χ4n) is 2.34. The summed E-state index contributed by atoms with van der Waals surface area (Å²) in [4.78, 5) is 0.0761. The molecule has 24 heavy (non-hydrogen) atoms. The van der Waals surface area contributed by atoms with Crippen LogP contribution in [0.5, 0.6) is 0 Å². The number of primary sulfonamides is 1. The van der Waals surface area contributed by atoms with Crippen LogP contribution in [0.3, 0.4) is 0 Å². The Kier molecular flexibility index (Phi) is 5.67. The molecule has 2 aromatic rings. The van der Waals surface area contributed by atoms with Crippen LogP contribution in [0.2, 0.25) is 0 Å². The van der Waals surface area contributed by atoms with Crippen LogP contribution in [-0.4, -0.2) is 15.0 Å². The van der Waals surface area contributed by atoms with Crippen molar-refractivity contribution in [3.05, 3.63) is 65.0 Å². The molecular formula is C17H18FN3O2S. The first-order valence-electron chi connectivity index (χ1n) is 7.36. The number of hydrogen-bond donors (Lipinski definition) is 2. The number of nitrogens with zero attached hydrogens (tertiary/aromatic N) is 1. The minimum Gasteiger partial charge on any atom is -0.310 e. The maximum absolute atomic E-state index is 13.9. The Morgan fingerprint density at radius 1 is 1.25 bits per heavy atom. The van der Waals surface area contributed by atoms with E-state index in [2.05, 4.69) is 5.32 Å². The minimum atomic E-state index is -3.68. The highest BCUT2D eigenvalue weighted by Gasteiger charge is 2.11. The van der Waals surface area contributed by atoms with Crippen molar-refractivity contribution in [2.75, 3.05) is 6.54 Å². The molecule has 3 N–H and O–H groups in total. The SMILES string of the molecule is C[C@H](NCCc1ccc(S(N)(=O)=O)cc1)c1ccc(C#N)cc1F. The number of nitrogens with two attached hydrogens (primary N) is 1. The number of hydrogen-bond acceptors (Lipinski definition) is 4. The summed E-state index contributed by atoms with van der Waals surface area (Å²) in [6.07, 6.45) is 0.660. The summed E-state index contributed by atoms with van der Waals surface area (Å²) in [6, 6.07) is 12.4. The van der Waals surface area contributed by atoms with E-state index in [-0.39, 0.29) is 10.9 Å². The summed E-state index contributed by atoms with van der Waals surface area (Å²) in [7, 11) is -3.68. The first-order chi connectivity index (χ1) is 11.3. The smallest absolute Gasteiger partial charge is 0.238 e. The molecule has 0 bridgehead atoms. The highest BCUT2D eigenvalue weighted by molar-refractivity contribution is 7.89. The number of rotatable bonds is 6. The van der Waals surface area contributed by atoms with Crippen LogP contribution in [-0.2, 0) is 16.4 Å². The molecule has 0 aliphatic carbocycles. The van der Waals surface area contributed by atoms with E-state index >= 15 is 0 Å². The Balaban J connectivity index is 1.93. The van der Waals surface area contributed by atoms with Crippen LogP contribution >= 0.6 is 0 Å². The molecule has 7 heteroatoms. The van der Waals surface area contributed by atoms with Crippen molar-refractivity contribution in [1.29, 1.82) is 5.26 Å². The van der Waals surface area contributed by atoms with Gasteiger partial charge in [-0.1, -0.05) is 18.2 Å². The average molecular weight is 347 g/mol. The molecule has 0 spiro atoms. The zero-order valence-electron chi connectivity index (χ0n) is 13.2. The van der Waals surface area contributed by atoms with Crippen LogP contribution in [0, 0.1) is 17.1 Å². The number of benzene rings is 2. The number of sulfonamides is 1. The Morgan fingerprint density at radius 3 is 2.46 bits per heavy atom. The minimum absolute atomic E-state index is 0.0761. The zero-order chi connectivity index (χ0) is 17.7. The van der Waals surface area contributed by atoms with Gasteiger partial charge in [0.1, 0.15) is 5.82 Å². The van der Waals surface area contributed by atoms with Gasteiger partial charge >= 0.3 is 0 Å². The van der Waals surface area contributed by atoms with Gasteiger partial charge in [-0.25, -0.2) is 17.9 Å². The van der Waals surface area contributed by atoms with E-state index < -0.39 is 15.8 Å². The average Bonchev–Trinajstić information content (AvgIpc) is 2.54. The van der Waals surface area contributed by atoms with E-state index in [1.165, 1.54) is 18.2 Å². The van der Waals surface area contributed by atoms with Gasteiger partial charge in [0, 0.05) is 11.6 Å². The van der Waals surface area contributed by atoms with Crippen LogP contribution < -0.4 is 10.5 Å². The Morgan fingerprint density at radius 2 is 1.92 bits per heavy atom. The zero-order valence-corrected chi connectivity index (χ0v) is 14.0. The molecule has 1 atom stereocenters. The lowest BCUT2D eigenvalue weighted by molar-refractivity contribution is 0.530. The van der Waals surface area contributed by atoms with Crippen molar-refractivity contribution >= 4 is 10.0 Å². The quantitative estimate of drug-likeness (QED) is 0.837. The molecule has 0 aliphatic heterocycles. The molecule has 2 aromatic carbocycles. The van der Waals surface area contributed by atoms with Crippen LogP contribution in [0.4, 0.5) is 4.39 Å². The lowest BCUT2D eigenvalue weighted by Crippen LogP contribution is -2.22. The van der Waals surface area contributed by atoms with E-state index in [1.807, 2.05) is 13.0 Å². The van der Waals surface area contributed by atoms with Gasteiger partial charge in [-0.05, 0) is 49.7 Å². The third-order valence-electron chi connectivity index (χ3n) is 3.71. The maximum Gasteiger partial charge on any atom is 0.238 e. The van der Waals surface area contributed by atoms with Gasteiger partial charge in [-0.15, -0.1) is 0 Å². The number of nitriles is 1. The normalized spacial score (nSPS) is 12.6. The first kappa shape index (κ1) is 18.1. The van der Waals surface area contributed by atoms with Crippen LogP contribution in [0.1, 0.15) is 29.7 Å². The Hall–Kier alpha value is -2.27. The van der Waals surface area contributed by atoms with Crippen molar-refractivity contribution in [2.24, 2.45) is 5.14 Å². The summed E-state index contributed by atoms with van der Waals surface area (Å²) in [5.74, 6) is -0.411. The lowest BCUT2D eigenvalue weighted by atomic mass is 10.1. The molecule has 0 amide bonds. The standard InChI is InChI=1S/C17H18FN3O2S/c1-12(16-7-4-14(11-19)10-17(16)18)21-9-8-13-2-5-15(6-3-13)24(20,22)23/h2-7,10,12,21H,8-9H2,1H3,(H2,20,22,23)/t12-/m0/s1. The molecule has 0 saturated carbocycles. The molecular weight excluding hydrogens is 329 g/mol. The van der Waals surface area contributed by atoms with Crippen molar-refractivity contribution in [1.82, 2.24) is 5.32 Å². The molecule has 5 nitrogen and oxygen atoms in total. The van der Waals surface area contributed by atoms with Gasteiger partial charge in [-0.2, -0.15) is 5.26 Å². The first-order valence-corrected chi connectivity index (χ1v) is 8.90.